The SMILES string of the molecule is CC(O)C(C)(C)CN1CCN(CC(F)(F)F)CC1. The van der Waals surface area contributed by atoms with Gasteiger partial charge in [-0.3, -0.25) is 4.90 Å². The van der Waals surface area contributed by atoms with Crippen LogP contribution in [0.1, 0.15) is 20.8 Å². The molecule has 6 heteroatoms. The van der Waals surface area contributed by atoms with Crippen molar-refractivity contribution in [1.82, 2.24) is 9.80 Å². The van der Waals surface area contributed by atoms with Crippen LogP contribution in [-0.4, -0.2) is 66.5 Å². The molecule has 1 aliphatic heterocycles. The van der Waals surface area contributed by atoms with Crippen molar-refractivity contribution in [3.63, 3.8) is 0 Å². The first-order valence-corrected chi connectivity index (χ1v) is 6.30. The number of hydrogen-bond donors (Lipinski definition) is 1. The van der Waals surface area contributed by atoms with Crippen LogP contribution < -0.4 is 0 Å². The van der Waals surface area contributed by atoms with Gasteiger partial charge in [0.15, 0.2) is 0 Å². The Balaban J connectivity index is 2.36. The van der Waals surface area contributed by atoms with Gasteiger partial charge in [0.1, 0.15) is 0 Å². The number of alkyl halides is 3. The van der Waals surface area contributed by atoms with E-state index in [4.69, 9.17) is 0 Å². The molecule has 0 amide bonds. The Morgan fingerprint density at radius 1 is 1.00 bits per heavy atom. The van der Waals surface area contributed by atoms with Crippen LogP contribution >= 0.6 is 0 Å². The summed E-state index contributed by atoms with van der Waals surface area (Å²) in [5.41, 5.74) is -0.230. The van der Waals surface area contributed by atoms with Gasteiger partial charge in [0.25, 0.3) is 0 Å². The maximum atomic E-state index is 12.2. The number of rotatable bonds is 4. The molecule has 1 rings (SSSR count). The largest absolute Gasteiger partial charge is 0.401 e. The quantitative estimate of drug-likeness (QED) is 0.838. The number of aliphatic hydroxyl groups excluding tert-OH is 1. The standard InChI is InChI=1S/C12H23F3N2O/c1-10(18)11(2,3)8-16-4-6-17(7-5-16)9-12(13,14)15/h10,18H,4-9H2,1-3H3. The molecule has 0 aromatic heterocycles. The van der Waals surface area contributed by atoms with Crippen LogP contribution in [0.25, 0.3) is 0 Å². The van der Waals surface area contributed by atoms with Crippen molar-refractivity contribution in [3.05, 3.63) is 0 Å². The van der Waals surface area contributed by atoms with Crippen molar-refractivity contribution in [3.8, 4) is 0 Å². The Labute approximate surface area is 107 Å². The molecular weight excluding hydrogens is 245 g/mol. The molecule has 0 radical (unpaired) electrons. The van der Waals surface area contributed by atoms with E-state index in [2.05, 4.69) is 4.90 Å². The summed E-state index contributed by atoms with van der Waals surface area (Å²) in [6.07, 6.45) is -4.54. The number of aliphatic hydroxyl groups is 1. The highest BCUT2D eigenvalue weighted by molar-refractivity contribution is 4.82. The molecule has 0 bridgehead atoms. The maximum absolute atomic E-state index is 12.2. The number of hydrogen-bond acceptors (Lipinski definition) is 3. The lowest BCUT2D eigenvalue weighted by atomic mass is 9.86. The molecule has 0 aromatic carbocycles. The number of piperazine rings is 1. The highest BCUT2D eigenvalue weighted by Crippen LogP contribution is 2.23. The van der Waals surface area contributed by atoms with E-state index in [0.29, 0.717) is 32.7 Å². The maximum Gasteiger partial charge on any atom is 0.401 e. The van der Waals surface area contributed by atoms with Crippen molar-refractivity contribution in [2.45, 2.75) is 33.1 Å². The van der Waals surface area contributed by atoms with Gasteiger partial charge in [-0.1, -0.05) is 13.8 Å². The Morgan fingerprint density at radius 2 is 1.39 bits per heavy atom. The van der Waals surface area contributed by atoms with Crippen LogP contribution in [-0.2, 0) is 0 Å². The second kappa shape index (κ2) is 5.75. The summed E-state index contributed by atoms with van der Waals surface area (Å²) in [7, 11) is 0. The molecule has 0 saturated carbocycles. The molecule has 1 heterocycles. The van der Waals surface area contributed by atoms with Crippen molar-refractivity contribution >= 4 is 0 Å². The van der Waals surface area contributed by atoms with Crippen molar-refractivity contribution in [2.75, 3.05) is 39.3 Å². The van der Waals surface area contributed by atoms with E-state index < -0.39 is 18.8 Å². The molecule has 1 saturated heterocycles. The highest BCUT2D eigenvalue weighted by atomic mass is 19.4. The lowest BCUT2D eigenvalue weighted by Gasteiger charge is -2.40. The molecule has 3 nitrogen and oxygen atoms in total. The van der Waals surface area contributed by atoms with Crippen molar-refractivity contribution < 1.29 is 18.3 Å². The zero-order chi connectivity index (χ0) is 14.0. The zero-order valence-corrected chi connectivity index (χ0v) is 11.3. The summed E-state index contributed by atoms with van der Waals surface area (Å²) in [5.74, 6) is 0. The Hall–Kier alpha value is -0.330. The topological polar surface area (TPSA) is 26.7 Å². The minimum Gasteiger partial charge on any atom is -0.393 e. The van der Waals surface area contributed by atoms with E-state index >= 15 is 0 Å². The van der Waals surface area contributed by atoms with E-state index in [0.717, 1.165) is 0 Å². The third-order valence-corrected chi connectivity index (χ3v) is 3.63. The van der Waals surface area contributed by atoms with Gasteiger partial charge >= 0.3 is 6.18 Å². The monoisotopic (exact) mass is 268 g/mol. The van der Waals surface area contributed by atoms with Gasteiger partial charge in [0.2, 0.25) is 0 Å². The molecule has 0 spiro atoms. The summed E-state index contributed by atoms with van der Waals surface area (Å²) in [6.45, 7) is 7.73. The first-order chi connectivity index (χ1) is 8.10. The molecule has 0 aromatic rings. The van der Waals surface area contributed by atoms with E-state index in [9.17, 15) is 18.3 Å². The first-order valence-electron chi connectivity index (χ1n) is 6.30. The van der Waals surface area contributed by atoms with E-state index in [1.165, 1.54) is 4.90 Å². The van der Waals surface area contributed by atoms with Crippen LogP contribution in [0.4, 0.5) is 13.2 Å². The average molecular weight is 268 g/mol. The Morgan fingerprint density at radius 3 is 1.72 bits per heavy atom. The van der Waals surface area contributed by atoms with Gasteiger partial charge in [0.05, 0.1) is 12.6 Å². The second-order valence-electron chi connectivity index (χ2n) is 5.83. The van der Waals surface area contributed by atoms with E-state index in [1.54, 1.807) is 6.92 Å². The number of nitrogens with zero attached hydrogens (tertiary/aromatic N) is 2. The summed E-state index contributed by atoms with van der Waals surface area (Å²) in [6, 6.07) is 0. The Kier molecular flexibility index (Phi) is 5.03. The van der Waals surface area contributed by atoms with E-state index in [1.807, 2.05) is 13.8 Å². The van der Waals surface area contributed by atoms with Gasteiger partial charge in [-0.15, -0.1) is 0 Å². The third kappa shape index (κ3) is 5.12. The summed E-state index contributed by atoms with van der Waals surface area (Å²) in [4.78, 5) is 3.56. The van der Waals surface area contributed by atoms with Gasteiger partial charge < -0.3 is 10.0 Å². The molecule has 1 N–H and O–H groups in total. The van der Waals surface area contributed by atoms with Crippen molar-refractivity contribution in [2.24, 2.45) is 5.41 Å². The fraction of sp³-hybridized carbons (Fsp3) is 1.00. The summed E-state index contributed by atoms with van der Waals surface area (Å²) >= 11 is 0. The predicted octanol–water partition coefficient (Wildman–Crippen LogP) is 1.57. The van der Waals surface area contributed by atoms with Gasteiger partial charge in [-0.25, -0.2) is 0 Å². The van der Waals surface area contributed by atoms with Crippen LogP contribution in [0.5, 0.6) is 0 Å². The van der Waals surface area contributed by atoms with Crippen LogP contribution in [0, 0.1) is 5.41 Å². The minimum absolute atomic E-state index is 0.230. The molecule has 1 fully saturated rings. The lowest BCUT2D eigenvalue weighted by Crippen LogP contribution is -2.52. The third-order valence-electron chi connectivity index (χ3n) is 3.63. The minimum atomic E-state index is -4.11. The van der Waals surface area contributed by atoms with Gasteiger partial charge in [-0.2, -0.15) is 13.2 Å². The zero-order valence-electron chi connectivity index (χ0n) is 11.3. The molecule has 108 valence electrons. The van der Waals surface area contributed by atoms with Crippen LogP contribution in [0.3, 0.4) is 0 Å². The first kappa shape index (κ1) is 15.7. The molecule has 0 aliphatic carbocycles. The molecule has 18 heavy (non-hydrogen) atoms. The fourth-order valence-corrected chi connectivity index (χ4v) is 2.07. The highest BCUT2D eigenvalue weighted by Gasteiger charge is 2.33. The van der Waals surface area contributed by atoms with Gasteiger partial charge in [0, 0.05) is 38.1 Å². The van der Waals surface area contributed by atoms with Crippen LogP contribution in [0.15, 0.2) is 0 Å². The summed E-state index contributed by atoms with van der Waals surface area (Å²) in [5, 5.41) is 9.63. The lowest BCUT2D eigenvalue weighted by molar-refractivity contribution is -0.149. The number of halogens is 3. The van der Waals surface area contributed by atoms with Crippen molar-refractivity contribution in [1.29, 1.82) is 0 Å². The Bertz CT molecular complexity index is 259. The summed E-state index contributed by atoms with van der Waals surface area (Å²) < 4.78 is 36.7. The normalized spacial score (nSPS) is 22.2. The smallest absolute Gasteiger partial charge is 0.393 e. The molecule has 1 atom stereocenters. The predicted molar refractivity (Wildman–Crippen MR) is 64.4 cm³/mol. The van der Waals surface area contributed by atoms with E-state index in [-0.39, 0.29) is 5.41 Å². The van der Waals surface area contributed by atoms with Gasteiger partial charge in [-0.05, 0) is 6.92 Å². The molecule has 1 unspecified atom stereocenters. The average Bonchev–Trinajstić information content (AvgIpc) is 2.18. The van der Waals surface area contributed by atoms with Crippen LogP contribution in [0.2, 0.25) is 0 Å². The molecule has 1 aliphatic rings. The molecular formula is C12H23F3N2O. The second-order valence-corrected chi connectivity index (χ2v) is 5.83. The fourth-order valence-electron chi connectivity index (χ4n) is 2.07.